The van der Waals surface area contributed by atoms with Gasteiger partial charge in [0.05, 0.1) is 12.7 Å². The van der Waals surface area contributed by atoms with Gasteiger partial charge in [0.15, 0.2) is 0 Å². The predicted molar refractivity (Wildman–Crippen MR) is 68.4 cm³/mol. The summed E-state index contributed by atoms with van der Waals surface area (Å²) in [4.78, 5) is 11.0. The van der Waals surface area contributed by atoms with Gasteiger partial charge in [0.2, 0.25) is 0 Å². The van der Waals surface area contributed by atoms with Crippen LogP contribution in [0.4, 0.5) is 0 Å². The van der Waals surface area contributed by atoms with E-state index in [4.69, 9.17) is 19.7 Å². The Morgan fingerprint density at radius 1 is 1.22 bits per heavy atom. The van der Waals surface area contributed by atoms with Crippen molar-refractivity contribution in [2.24, 2.45) is 0 Å². The van der Waals surface area contributed by atoms with Gasteiger partial charge in [-0.3, -0.25) is 0 Å². The van der Waals surface area contributed by atoms with Gasteiger partial charge in [0, 0.05) is 6.61 Å². The largest absolute Gasteiger partial charge is 0.477 e. The van der Waals surface area contributed by atoms with E-state index in [0.29, 0.717) is 6.42 Å². The molecule has 108 valence electrons. The molecule has 0 spiro atoms. The number of hydrogen-bond donors (Lipinski definition) is 2. The van der Waals surface area contributed by atoms with Crippen molar-refractivity contribution in [1.82, 2.24) is 0 Å². The van der Waals surface area contributed by atoms with Crippen LogP contribution in [0.25, 0.3) is 0 Å². The number of carbonyl (C=O) groups is 1. The maximum atomic E-state index is 11.0. The smallest absolute Gasteiger partial charge is 0.361 e. The fourth-order valence-corrected chi connectivity index (χ4v) is 1.59. The van der Waals surface area contributed by atoms with Crippen LogP contribution in [0.15, 0.2) is 0 Å². The second kappa shape index (κ2) is 11.4. The summed E-state index contributed by atoms with van der Waals surface area (Å²) in [7, 11) is 0. The predicted octanol–water partition coefficient (Wildman–Crippen LogP) is 2.17. The zero-order valence-corrected chi connectivity index (χ0v) is 11.4. The number of aliphatic carboxylic acids is 1. The quantitative estimate of drug-likeness (QED) is 0.416. The molecule has 5 heteroatoms. The van der Waals surface area contributed by atoms with E-state index in [1.54, 1.807) is 0 Å². The van der Waals surface area contributed by atoms with Crippen molar-refractivity contribution in [1.29, 1.82) is 0 Å². The molecule has 0 aromatic heterocycles. The van der Waals surface area contributed by atoms with Gasteiger partial charge in [-0.15, -0.1) is 0 Å². The highest BCUT2D eigenvalue weighted by Gasteiger charge is 2.22. The third kappa shape index (κ3) is 8.44. The minimum Gasteiger partial charge on any atom is -0.477 e. The molecule has 0 aliphatic carbocycles. The van der Waals surface area contributed by atoms with Crippen molar-refractivity contribution in [3.05, 3.63) is 0 Å². The molecule has 0 bridgehead atoms. The molecule has 0 aromatic rings. The van der Waals surface area contributed by atoms with Crippen molar-refractivity contribution >= 4 is 5.97 Å². The van der Waals surface area contributed by atoms with Crippen molar-refractivity contribution in [2.75, 3.05) is 13.2 Å². The first-order valence-corrected chi connectivity index (χ1v) is 6.76. The fraction of sp³-hybridized carbons (Fsp3) is 0.923. The lowest BCUT2D eigenvalue weighted by molar-refractivity contribution is -0.203. The van der Waals surface area contributed by atoms with Gasteiger partial charge in [-0.2, -0.15) is 0 Å². The maximum Gasteiger partial charge on any atom is 0.361 e. The molecule has 0 heterocycles. The molecule has 0 rings (SSSR count). The molecule has 0 radical (unpaired) electrons. The van der Waals surface area contributed by atoms with Gasteiger partial charge in [-0.1, -0.05) is 33.1 Å². The Balaban J connectivity index is 4.04. The molecule has 2 atom stereocenters. The molecular formula is C13H26O5. The molecule has 18 heavy (non-hydrogen) atoms. The van der Waals surface area contributed by atoms with Crippen LogP contribution < -0.4 is 0 Å². The van der Waals surface area contributed by atoms with Gasteiger partial charge in [-0.05, 0) is 19.3 Å². The zero-order valence-electron chi connectivity index (χ0n) is 11.4. The van der Waals surface area contributed by atoms with Gasteiger partial charge < -0.3 is 19.7 Å². The summed E-state index contributed by atoms with van der Waals surface area (Å²) in [6.45, 7) is 4.28. The van der Waals surface area contributed by atoms with Gasteiger partial charge >= 0.3 is 5.97 Å². The molecule has 0 saturated carbocycles. The number of hydrogen-bond acceptors (Lipinski definition) is 4. The number of carboxylic acids is 1. The van der Waals surface area contributed by atoms with Crippen molar-refractivity contribution in [3.8, 4) is 0 Å². The minimum absolute atomic E-state index is 0.0138. The minimum atomic E-state index is -1.22. The fourth-order valence-electron chi connectivity index (χ4n) is 1.59. The van der Waals surface area contributed by atoms with Crippen LogP contribution in [-0.2, 0) is 14.3 Å². The van der Waals surface area contributed by atoms with E-state index in [-0.39, 0.29) is 19.3 Å². The SMILES string of the molecule is CCCCCC(CC)OC(OCCCO)C(=O)O. The highest BCUT2D eigenvalue weighted by Crippen LogP contribution is 2.13. The lowest BCUT2D eigenvalue weighted by Crippen LogP contribution is -2.32. The Bertz CT molecular complexity index is 208. The van der Waals surface area contributed by atoms with E-state index in [1.807, 2.05) is 6.92 Å². The average Bonchev–Trinajstić information content (AvgIpc) is 2.35. The molecule has 2 unspecified atom stereocenters. The first kappa shape index (κ1) is 17.4. The molecule has 0 amide bonds. The molecule has 0 aromatic carbocycles. The van der Waals surface area contributed by atoms with Crippen LogP contribution in [0.2, 0.25) is 0 Å². The van der Waals surface area contributed by atoms with Gasteiger partial charge in [-0.25, -0.2) is 4.79 Å². The van der Waals surface area contributed by atoms with E-state index in [2.05, 4.69) is 6.92 Å². The van der Waals surface area contributed by atoms with Crippen LogP contribution in [0, 0.1) is 0 Å². The maximum absolute atomic E-state index is 11.0. The van der Waals surface area contributed by atoms with Crippen LogP contribution in [0.3, 0.4) is 0 Å². The first-order chi connectivity index (χ1) is 8.65. The van der Waals surface area contributed by atoms with E-state index >= 15 is 0 Å². The van der Waals surface area contributed by atoms with E-state index < -0.39 is 12.3 Å². The van der Waals surface area contributed by atoms with Crippen LogP contribution in [0.1, 0.15) is 52.4 Å². The monoisotopic (exact) mass is 262 g/mol. The van der Waals surface area contributed by atoms with Crippen molar-refractivity contribution in [3.63, 3.8) is 0 Å². The van der Waals surface area contributed by atoms with E-state index in [0.717, 1.165) is 32.1 Å². The Labute approximate surface area is 109 Å². The Hall–Kier alpha value is -0.650. The van der Waals surface area contributed by atoms with Gasteiger partial charge in [0.1, 0.15) is 0 Å². The number of unbranched alkanes of at least 4 members (excludes halogenated alkanes) is 2. The van der Waals surface area contributed by atoms with Gasteiger partial charge in [0.25, 0.3) is 6.29 Å². The highest BCUT2D eigenvalue weighted by molar-refractivity contribution is 5.70. The van der Waals surface area contributed by atoms with Crippen molar-refractivity contribution in [2.45, 2.75) is 64.8 Å². The lowest BCUT2D eigenvalue weighted by Gasteiger charge is -2.21. The molecular weight excluding hydrogens is 236 g/mol. The number of rotatable bonds is 12. The number of carboxylic acid groups (broad SMARTS) is 1. The second-order valence-corrected chi connectivity index (χ2v) is 4.28. The summed E-state index contributed by atoms with van der Waals surface area (Å²) in [6, 6.07) is 0. The van der Waals surface area contributed by atoms with E-state index in [9.17, 15) is 4.79 Å². The van der Waals surface area contributed by atoms with Crippen LogP contribution >= 0.6 is 0 Å². The lowest BCUT2D eigenvalue weighted by atomic mass is 10.1. The average molecular weight is 262 g/mol. The standard InChI is InChI=1S/C13H26O5/c1-3-5-6-8-11(4-2)18-13(12(15)16)17-10-7-9-14/h11,13-14H,3-10H2,1-2H3,(H,15,16). The highest BCUT2D eigenvalue weighted by atomic mass is 16.7. The normalized spacial score (nSPS) is 14.4. The van der Waals surface area contributed by atoms with Crippen LogP contribution in [-0.4, -0.2) is 41.8 Å². The summed E-state index contributed by atoms with van der Waals surface area (Å²) >= 11 is 0. The Kier molecular flexibility index (Phi) is 11.0. The Morgan fingerprint density at radius 2 is 1.94 bits per heavy atom. The van der Waals surface area contributed by atoms with Crippen molar-refractivity contribution < 1.29 is 24.5 Å². The molecule has 5 nitrogen and oxygen atoms in total. The Morgan fingerprint density at radius 3 is 2.44 bits per heavy atom. The van der Waals surface area contributed by atoms with E-state index in [1.165, 1.54) is 0 Å². The molecule has 0 fully saturated rings. The molecule has 0 saturated heterocycles. The zero-order chi connectivity index (χ0) is 13.8. The van der Waals surface area contributed by atoms with Crippen LogP contribution in [0.5, 0.6) is 0 Å². The molecule has 0 aliphatic rings. The first-order valence-electron chi connectivity index (χ1n) is 6.76. The summed E-state index contributed by atoms with van der Waals surface area (Å²) in [5.41, 5.74) is 0. The summed E-state index contributed by atoms with van der Waals surface area (Å²) in [6.07, 6.45) is 4.05. The number of aliphatic hydroxyl groups excluding tert-OH is 1. The summed E-state index contributed by atoms with van der Waals surface area (Å²) in [5.74, 6) is -1.11. The summed E-state index contributed by atoms with van der Waals surface area (Å²) < 4.78 is 10.6. The summed E-state index contributed by atoms with van der Waals surface area (Å²) in [5, 5.41) is 17.6. The third-order valence-corrected chi connectivity index (χ3v) is 2.67. The molecule has 0 aliphatic heterocycles. The third-order valence-electron chi connectivity index (χ3n) is 2.67. The number of ether oxygens (including phenoxy) is 2. The molecule has 2 N–H and O–H groups in total. The topological polar surface area (TPSA) is 76.0 Å². The number of aliphatic hydroxyl groups is 1. The second-order valence-electron chi connectivity index (χ2n) is 4.28.